The number of fused-ring (bicyclic) bond motifs is 1. The Kier molecular flexibility index (Phi) is 8.12. The number of benzene rings is 1. The van der Waals surface area contributed by atoms with E-state index in [4.69, 9.17) is 9.73 Å². The minimum absolute atomic E-state index is 0.00164. The van der Waals surface area contributed by atoms with E-state index >= 15 is 8.78 Å². The molecule has 1 unspecified atom stereocenters. The van der Waals surface area contributed by atoms with Gasteiger partial charge in [-0.3, -0.25) is 19.6 Å². The summed E-state index contributed by atoms with van der Waals surface area (Å²) in [7, 11) is 0. The Hall–Kier alpha value is -3.42. The number of aromatic hydroxyl groups is 1. The smallest absolute Gasteiger partial charge is 0.338 e. The van der Waals surface area contributed by atoms with E-state index in [1.165, 1.54) is 11.3 Å². The number of thiazole rings is 1. The lowest BCUT2D eigenvalue weighted by Gasteiger charge is -2.33. The fourth-order valence-corrected chi connectivity index (χ4v) is 6.75. The number of aliphatic carboxylic acids is 1. The van der Waals surface area contributed by atoms with E-state index in [9.17, 15) is 19.8 Å². The van der Waals surface area contributed by atoms with Gasteiger partial charge >= 0.3 is 11.9 Å². The molecule has 0 saturated carbocycles. The van der Waals surface area contributed by atoms with Crippen molar-refractivity contribution in [1.82, 2.24) is 20.1 Å². The van der Waals surface area contributed by atoms with Gasteiger partial charge in [0.15, 0.2) is 10.8 Å². The zero-order chi connectivity index (χ0) is 30.4. The van der Waals surface area contributed by atoms with Crippen molar-refractivity contribution < 1.29 is 33.3 Å². The molecule has 0 bridgehead atoms. The summed E-state index contributed by atoms with van der Waals surface area (Å²) in [6.45, 7) is 6.37. The molecule has 3 atom stereocenters. The molecule has 10 nitrogen and oxygen atoms in total. The van der Waals surface area contributed by atoms with Gasteiger partial charge in [-0.1, -0.05) is 12.1 Å². The Labute approximate surface area is 246 Å². The number of phenolic OH excluding ortho intramolecular Hbond substituents is 1. The maximum atomic E-state index is 15.6. The van der Waals surface area contributed by atoms with E-state index in [-0.39, 0.29) is 31.0 Å². The highest BCUT2D eigenvalue weighted by Gasteiger charge is 2.60. The van der Waals surface area contributed by atoms with E-state index in [0.717, 1.165) is 0 Å². The number of rotatable bonds is 9. The number of alkyl halides is 2. The SMILES string of the molecule is CCOC(=O)C1=C(CN2CC(F)(F)[C@H]3[C@@H]2CCN3CC(C)(C)C(=O)O)NC(c2nccs2)=NC1c1cccc(O)c1C. The fraction of sp³-hybridized carbons (Fsp3) is 0.517. The van der Waals surface area contributed by atoms with Crippen molar-refractivity contribution in [2.45, 2.75) is 58.2 Å². The number of esters is 1. The van der Waals surface area contributed by atoms with Crippen LogP contribution in [-0.2, 0) is 14.3 Å². The number of nitrogens with zero attached hydrogens (tertiary/aromatic N) is 4. The summed E-state index contributed by atoms with van der Waals surface area (Å²) >= 11 is 1.34. The van der Waals surface area contributed by atoms with Crippen molar-refractivity contribution in [3.63, 3.8) is 0 Å². The number of carbonyl (C=O) groups excluding carboxylic acids is 1. The summed E-state index contributed by atoms with van der Waals surface area (Å²) in [5.74, 6) is -4.34. The zero-order valence-corrected chi connectivity index (χ0v) is 24.8. The summed E-state index contributed by atoms with van der Waals surface area (Å²) in [6.07, 6.45) is 2.06. The van der Waals surface area contributed by atoms with Gasteiger partial charge in [-0.05, 0) is 51.3 Å². The van der Waals surface area contributed by atoms with Crippen LogP contribution in [0.2, 0.25) is 0 Å². The molecular weight excluding hydrogens is 568 g/mol. The second kappa shape index (κ2) is 11.3. The standard InChI is InChI=1S/C29H35F2N5O5S/c1-5-41-26(38)21-18(13-36-15-29(30,31)23-19(36)9-11-35(23)14-28(3,4)27(39)40)33-24(25-32-10-12-42-25)34-22(21)17-7-6-8-20(37)16(17)2/h6-8,10,12,19,22-23,37H,5,9,11,13-15H2,1-4H3,(H,33,34)(H,39,40)/t19-,22?,23+/m0/s1. The van der Waals surface area contributed by atoms with Crippen LogP contribution in [0.25, 0.3) is 0 Å². The van der Waals surface area contributed by atoms with Gasteiger partial charge in [0.1, 0.15) is 11.8 Å². The van der Waals surface area contributed by atoms with Crippen LogP contribution >= 0.6 is 11.3 Å². The molecule has 2 saturated heterocycles. The number of phenols is 1. The highest BCUT2D eigenvalue weighted by Crippen LogP contribution is 2.44. The average Bonchev–Trinajstić information content (AvgIpc) is 3.65. The maximum absolute atomic E-state index is 15.6. The number of aliphatic imine (C=N–C) groups is 1. The van der Waals surface area contributed by atoms with E-state index in [2.05, 4.69) is 10.3 Å². The van der Waals surface area contributed by atoms with Crippen molar-refractivity contribution >= 4 is 29.1 Å². The normalized spacial score (nSPS) is 24.3. The summed E-state index contributed by atoms with van der Waals surface area (Å²) in [6, 6.07) is 2.40. The quantitative estimate of drug-likeness (QED) is 0.369. The molecule has 3 aliphatic rings. The van der Waals surface area contributed by atoms with E-state index in [1.807, 2.05) is 0 Å². The highest BCUT2D eigenvalue weighted by atomic mass is 32.1. The molecule has 5 rings (SSSR count). The first-order valence-corrected chi connectivity index (χ1v) is 14.7. The predicted octanol–water partition coefficient (Wildman–Crippen LogP) is 3.57. The molecule has 0 radical (unpaired) electrons. The third-order valence-corrected chi connectivity index (χ3v) is 9.00. The van der Waals surface area contributed by atoms with Crippen LogP contribution in [0.1, 0.15) is 49.4 Å². The van der Waals surface area contributed by atoms with Crippen molar-refractivity contribution in [3.05, 3.63) is 57.2 Å². The average molecular weight is 604 g/mol. The van der Waals surface area contributed by atoms with Crippen LogP contribution in [0.4, 0.5) is 8.78 Å². The summed E-state index contributed by atoms with van der Waals surface area (Å²) in [5.41, 5.74) is 0.488. The molecule has 13 heteroatoms. The number of hydrogen-bond donors (Lipinski definition) is 3. The number of nitrogens with one attached hydrogen (secondary N) is 1. The van der Waals surface area contributed by atoms with Crippen LogP contribution in [0, 0.1) is 12.3 Å². The van der Waals surface area contributed by atoms with Crippen LogP contribution in [0.5, 0.6) is 5.75 Å². The minimum atomic E-state index is -3.09. The van der Waals surface area contributed by atoms with Gasteiger partial charge in [-0.2, -0.15) is 0 Å². The second-order valence-electron chi connectivity index (χ2n) is 11.6. The fourth-order valence-electron chi connectivity index (χ4n) is 6.16. The summed E-state index contributed by atoms with van der Waals surface area (Å²) < 4.78 is 36.7. The number of carboxylic acid groups (broad SMARTS) is 1. The molecule has 226 valence electrons. The van der Waals surface area contributed by atoms with Crippen molar-refractivity contribution in [1.29, 1.82) is 0 Å². The number of ether oxygens (including phenoxy) is 1. The van der Waals surface area contributed by atoms with Crippen molar-refractivity contribution in [2.24, 2.45) is 10.4 Å². The van der Waals surface area contributed by atoms with Crippen LogP contribution in [0.3, 0.4) is 0 Å². The molecule has 0 aliphatic carbocycles. The molecule has 2 aromatic rings. The number of amidine groups is 1. The molecule has 3 aliphatic heterocycles. The van der Waals surface area contributed by atoms with Crippen LogP contribution in [-0.4, -0.2) is 93.6 Å². The van der Waals surface area contributed by atoms with E-state index in [1.54, 1.807) is 67.3 Å². The lowest BCUT2D eigenvalue weighted by atomic mass is 9.92. The van der Waals surface area contributed by atoms with Crippen molar-refractivity contribution in [2.75, 3.05) is 32.8 Å². The summed E-state index contributed by atoms with van der Waals surface area (Å²) in [4.78, 5) is 37.7. The van der Waals surface area contributed by atoms with Gasteiger partial charge in [0.25, 0.3) is 5.92 Å². The molecule has 42 heavy (non-hydrogen) atoms. The molecular formula is C29H35F2N5O5S. The number of aromatic nitrogens is 1. The second-order valence-corrected chi connectivity index (χ2v) is 12.5. The highest BCUT2D eigenvalue weighted by molar-refractivity contribution is 7.11. The Morgan fingerprint density at radius 3 is 2.71 bits per heavy atom. The Morgan fingerprint density at radius 1 is 1.29 bits per heavy atom. The van der Waals surface area contributed by atoms with Gasteiger partial charge in [0.2, 0.25) is 0 Å². The molecule has 3 N–H and O–H groups in total. The largest absolute Gasteiger partial charge is 0.508 e. The maximum Gasteiger partial charge on any atom is 0.338 e. The number of halogens is 2. The first-order valence-electron chi connectivity index (χ1n) is 13.9. The van der Waals surface area contributed by atoms with E-state index in [0.29, 0.717) is 40.6 Å². The van der Waals surface area contributed by atoms with Gasteiger partial charge in [0, 0.05) is 43.0 Å². The molecule has 2 fully saturated rings. The number of likely N-dealkylation sites (tertiary alicyclic amines) is 2. The van der Waals surface area contributed by atoms with Gasteiger partial charge < -0.3 is 20.3 Å². The minimum Gasteiger partial charge on any atom is -0.508 e. The molecule has 0 spiro atoms. The van der Waals surface area contributed by atoms with Crippen LogP contribution < -0.4 is 5.32 Å². The van der Waals surface area contributed by atoms with Gasteiger partial charge in [0.05, 0.1) is 30.2 Å². The predicted molar refractivity (Wildman–Crippen MR) is 153 cm³/mol. The lowest BCUT2D eigenvalue weighted by molar-refractivity contribution is -0.149. The molecule has 1 aromatic heterocycles. The third-order valence-electron chi connectivity index (χ3n) is 8.22. The van der Waals surface area contributed by atoms with Crippen molar-refractivity contribution in [3.8, 4) is 5.75 Å². The molecule has 0 amide bonds. The molecule has 4 heterocycles. The van der Waals surface area contributed by atoms with Gasteiger partial charge in [-0.15, -0.1) is 11.3 Å². The van der Waals surface area contributed by atoms with E-state index < -0.39 is 47.9 Å². The number of hydrogen-bond acceptors (Lipinski definition) is 10. The lowest BCUT2D eigenvalue weighted by Crippen LogP contribution is -2.49. The topological polar surface area (TPSA) is 128 Å². The Morgan fingerprint density at radius 2 is 2.05 bits per heavy atom. The number of carboxylic acids is 1. The Balaban J connectivity index is 1.55. The number of carbonyl (C=O) groups is 2. The zero-order valence-electron chi connectivity index (χ0n) is 23.9. The monoisotopic (exact) mass is 603 g/mol. The third kappa shape index (κ3) is 5.52. The summed E-state index contributed by atoms with van der Waals surface area (Å²) in [5, 5.41) is 25.6. The van der Waals surface area contributed by atoms with Gasteiger partial charge in [-0.25, -0.2) is 18.6 Å². The Bertz CT molecular complexity index is 1430. The van der Waals surface area contributed by atoms with Crippen LogP contribution in [0.15, 0.2) is 46.0 Å². The molecule has 1 aromatic carbocycles. The first-order chi connectivity index (χ1) is 19.8. The first kappa shape index (κ1) is 30.1.